The van der Waals surface area contributed by atoms with E-state index in [1.54, 1.807) is 5.38 Å². The third-order valence-corrected chi connectivity index (χ3v) is 2.64. The van der Waals surface area contributed by atoms with Gasteiger partial charge in [-0.25, -0.2) is 4.98 Å². The molecule has 1 aromatic rings. The molecule has 0 fully saturated rings. The molecule has 1 aromatic heterocycles. The molecule has 0 aliphatic carbocycles. The lowest BCUT2D eigenvalue weighted by Crippen LogP contribution is -2.40. The van der Waals surface area contributed by atoms with Crippen LogP contribution in [0.4, 0.5) is 5.13 Å². The summed E-state index contributed by atoms with van der Waals surface area (Å²) in [6.45, 7) is 6.83. The largest absolute Gasteiger partial charge is 0.375 e. The van der Waals surface area contributed by atoms with Crippen molar-refractivity contribution in [1.82, 2.24) is 10.3 Å². The van der Waals surface area contributed by atoms with E-state index in [9.17, 15) is 4.79 Å². The van der Waals surface area contributed by atoms with E-state index in [0.29, 0.717) is 24.0 Å². The molecule has 0 aliphatic rings. The summed E-state index contributed by atoms with van der Waals surface area (Å²) in [6.07, 6.45) is 0. The number of nitrogens with two attached hydrogens (primary N) is 1. The number of nitrogen functional groups attached to an aromatic ring is 1. The standard InChI is InChI=1S/C10H17N3O2S/c1-4-15-10(2,3)6-12-8(14)7-5-16-9(11)13-7/h5H,4,6H2,1-3H3,(H2,11,13)(H,12,14). The highest BCUT2D eigenvalue weighted by molar-refractivity contribution is 7.13. The maximum atomic E-state index is 11.6. The molecular weight excluding hydrogens is 226 g/mol. The maximum absolute atomic E-state index is 11.6. The summed E-state index contributed by atoms with van der Waals surface area (Å²) in [4.78, 5) is 15.5. The summed E-state index contributed by atoms with van der Waals surface area (Å²) in [5, 5.41) is 4.80. The topological polar surface area (TPSA) is 77.2 Å². The van der Waals surface area contributed by atoms with Gasteiger partial charge in [0.1, 0.15) is 5.69 Å². The van der Waals surface area contributed by atoms with Crippen LogP contribution in [0.2, 0.25) is 0 Å². The maximum Gasteiger partial charge on any atom is 0.270 e. The summed E-state index contributed by atoms with van der Waals surface area (Å²) >= 11 is 1.25. The van der Waals surface area contributed by atoms with E-state index in [1.165, 1.54) is 11.3 Å². The Morgan fingerprint density at radius 3 is 2.88 bits per heavy atom. The highest BCUT2D eigenvalue weighted by Gasteiger charge is 2.19. The Morgan fingerprint density at radius 2 is 2.38 bits per heavy atom. The molecule has 0 unspecified atom stereocenters. The molecule has 0 atom stereocenters. The highest BCUT2D eigenvalue weighted by atomic mass is 32.1. The van der Waals surface area contributed by atoms with E-state index in [0.717, 1.165) is 0 Å². The summed E-state index contributed by atoms with van der Waals surface area (Å²) in [5.41, 5.74) is 5.44. The molecule has 0 aliphatic heterocycles. The third-order valence-electron chi connectivity index (χ3n) is 1.96. The van der Waals surface area contributed by atoms with E-state index in [2.05, 4.69) is 10.3 Å². The van der Waals surface area contributed by atoms with Crippen molar-refractivity contribution in [1.29, 1.82) is 0 Å². The Kier molecular flexibility index (Phi) is 4.26. The molecule has 0 saturated carbocycles. The molecule has 0 saturated heterocycles. The average Bonchev–Trinajstić information content (AvgIpc) is 2.61. The number of thiazole rings is 1. The second kappa shape index (κ2) is 5.27. The first-order valence-electron chi connectivity index (χ1n) is 5.08. The van der Waals surface area contributed by atoms with Gasteiger partial charge in [0, 0.05) is 18.5 Å². The molecule has 5 nitrogen and oxygen atoms in total. The van der Waals surface area contributed by atoms with Crippen molar-refractivity contribution in [2.75, 3.05) is 18.9 Å². The molecule has 1 amide bonds. The minimum absolute atomic E-state index is 0.222. The molecule has 1 rings (SSSR count). The van der Waals surface area contributed by atoms with Crippen molar-refractivity contribution >= 4 is 22.4 Å². The fraction of sp³-hybridized carbons (Fsp3) is 0.600. The number of carbonyl (C=O) groups is 1. The van der Waals surface area contributed by atoms with E-state index in [1.807, 2.05) is 20.8 Å². The SMILES string of the molecule is CCOC(C)(C)CNC(=O)c1csc(N)n1. The molecule has 16 heavy (non-hydrogen) atoms. The zero-order valence-electron chi connectivity index (χ0n) is 9.74. The quantitative estimate of drug-likeness (QED) is 0.816. The predicted molar refractivity (Wildman–Crippen MR) is 64.6 cm³/mol. The number of ether oxygens (including phenoxy) is 1. The van der Waals surface area contributed by atoms with Crippen molar-refractivity contribution in [3.63, 3.8) is 0 Å². The van der Waals surface area contributed by atoms with Crippen LogP contribution in [-0.4, -0.2) is 29.6 Å². The zero-order valence-corrected chi connectivity index (χ0v) is 10.6. The van der Waals surface area contributed by atoms with Gasteiger partial charge in [-0.1, -0.05) is 0 Å². The van der Waals surface area contributed by atoms with Crippen LogP contribution < -0.4 is 11.1 Å². The van der Waals surface area contributed by atoms with E-state index in [4.69, 9.17) is 10.5 Å². The second-order valence-electron chi connectivity index (χ2n) is 3.95. The van der Waals surface area contributed by atoms with Gasteiger partial charge in [-0.2, -0.15) is 0 Å². The van der Waals surface area contributed by atoms with Gasteiger partial charge in [-0.3, -0.25) is 4.79 Å². The van der Waals surface area contributed by atoms with Gasteiger partial charge in [-0.05, 0) is 20.8 Å². The number of anilines is 1. The van der Waals surface area contributed by atoms with Gasteiger partial charge in [0.2, 0.25) is 0 Å². The minimum atomic E-state index is -0.369. The number of aromatic nitrogens is 1. The molecular formula is C10H17N3O2S. The summed E-state index contributed by atoms with van der Waals surface area (Å²) in [7, 11) is 0. The Balaban J connectivity index is 2.47. The molecule has 0 spiro atoms. The Bertz CT molecular complexity index is 363. The minimum Gasteiger partial charge on any atom is -0.375 e. The molecule has 0 aromatic carbocycles. The van der Waals surface area contributed by atoms with Crippen LogP contribution in [0.5, 0.6) is 0 Å². The van der Waals surface area contributed by atoms with Crippen molar-refractivity contribution in [3.8, 4) is 0 Å². The monoisotopic (exact) mass is 243 g/mol. The lowest BCUT2D eigenvalue weighted by Gasteiger charge is -2.24. The fourth-order valence-corrected chi connectivity index (χ4v) is 1.76. The van der Waals surface area contributed by atoms with Crippen molar-refractivity contribution < 1.29 is 9.53 Å². The van der Waals surface area contributed by atoms with Gasteiger partial charge in [-0.15, -0.1) is 11.3 Å². The number of rotatable bonds is 5. The number of amides is 1. The first kappa shape index (κ1) is 12.9. The van der Waals surface area contributed by atoms with Gasteiger partial charge < -0.3 is 15.8 Å². The summed E-state index contributed by atoms with van der Waals surface area (Å²) in [5.74, 6) is -0.222. The number of hydrogen-bond acceptors (Lipinski definition) is 5. The van der Waals surface area contributed by atoms with Gasteiger partial charge in [0.05, 0.1) is 5.60 Å². The average molecular weight is 243 g/mol. The Labute approximate surface area is 99.0 Å². The van der Waals surface area contributed by atoms with Crippen LogP contribution >= 0.6 is 11.3 Å². The van der Waals surface area contributed by atoms with Crippen LogP contribution in [0.15, 0.2) is 5.38 Å². The number of carbonyl (C=O) groups excluding carboxylic acids is 1. The third kappa shape index (κ3) is 3.79. The number of hydrogen-bond donors (Lipinski definition) is 2. The van der Waals surface area contributed by atoms with Gasteiger partial charge in [0.25, 0.3) is 5.91 Å². The zero-order chi connectivity index (χ0) is 12.2. The van der Waals surface area contributed by atoms with Gasteiger partial charge >= 0.3 is 0 Å². The molecule has 0 bridgehead atoms. The van der Waals surface area contributed by atoms with Crippen LogP contribution in [0.1, 0.15) is 31.3 Å². The first-order chi connectivity index (χ1) is 7.44. The molecule has 3 N–H and O–H groups in total. The van der Waals surface area contributed by atoms with Crippen LogP contribution in [0.3, 0.4) is 0 Å². The smallest absolute Gasteiger partial charge is 0.270 e. The predicted octanol–water partition coefficient (Wildman–Crippen LogP) is 1.27. The second-order valence-corrected chi connectivity index (χ2v) is 4.84. The van der Waals surface area contributed by atoms with Crippen LogP contribution in [0.25, 0.3) is 0 Å². The highest BCUT2D eigenvalue weighted by Crippen LogP contribution is 2.11. The summed E-state index contributed by atoms with van der Waals surface area (Å²) in [6, 6.07) is 0. The lowest BCUT2D eigenvalue weighted by molar-refractivity contribution is -0.00817. The van der Waals surface area contributed by atoms with Crippen molar-refractivity contribution in [3.05, 3.63) is 11.1 Å². The first-order valence-corrected chi connectivity index (χ1v) is 5.96. The summed E-state index contributed by atoms with van der Waals surface area (Å²) < 4.78 is 5.46. The Hall–Kier alpha value is -1.14. The van der Waals surface area contributed by atoms with E-state index >= 15 is 0 Å². The molecule has 90 valence electrons. The number of nitrogens with zero attached hydrogens (tertiary/aromatic N) is 1. The van der Waals surface area contributed by atoms with Crippen molar-refractivity contribution in [2.24, 2.45) is 0 Å². The van der Waals surface area contributed by atoms with E-state index in [-0.39, 0.29) is 11.5 Å². The Morgan fingerprint density at radius 1 is 1.69 bits per heavy atom. The molecule has 6 heteroatoms. The fourth-order valence-electron chi connectivity index (χ4n) is 1.22. The molecule has 1 heterocycles. The van der Waals surface area contributed by atoms with Crippen LogP contribution in [-0.2, 0) is 4.74 Å². The molecule has 0 radical (unpaired) electrons. The van der Waals surface area contributed by atoms with Crippen molar-refractivity contribution in [2.45, 2.75) is 26.4 Å². The van der Waals surface area contributed by atoms with E-state index < -0.39 is 0 Å². The van der Waals surface area contributed by atoms with Gasteiger partial charge in [0.15, 0.2) is 5.13 Å². The van der Waals surface area contributed by atoms with Crippen LogP contribution in [0, 0.1) is 0 Å². The normalized spacial score (nSPS) is 11.4. The lowest BCUT2D eigenvalue weighted by atomic mass is 10.1. The number of nitrogens with one attached hydrogen (secondary N) is 1.